The van der Waals surface area contributed by atoms with Gasteiger partial charge in [-0.05, 0) is 28.9 Å². The molecule has 0 spiro atoms. The molecule has 0 radical (unpaired) electrons. The lowest BCUT2D eigenvalue weighted by Crippen LogP contribution is -2.13. The van der Waals surface area contributed by atoms with E-state index < -0.39 is 0 Å². The smallest absolute Gasteiger partial charge is 0.230 e. The van der Waals surface area contributed by atoms with Gasteiger partial charge in [0.25, 0.3) is 0 Å². The van der Waals surface area contributed by atoms with E-state index in [-0.39, 0.29) is 5.78 Å². The normalized spacial score (nSPS) is 10.8. The highest BCUT2D eigenvalue weighted by Crippen LogP contribution is 2.19. The van der Waals surface area contributed by atoms with Gasteiger partial charge in [0.1, 0.15) is 11.4 Å². The van der Waals surface area contributed by atoms with Crippen LogP contribution in [0.25, 0.3) is 0 Å². The molecule has 0 aromatic carbocycles. The zero-order valence-electron chi connectivity index (χ0n) is 9.23. The molecular weight excluding hydrogens is 272 g/mol. The van der Waals surface area contributed by atoms with Crippen LogP contribution in [0.1, 0.15) is 21.9 Å². The number of carbonyl (C=O) groups is 1. The minimum atomic E-state index is -0.0880. The van der Waals surface area contributed by atoms with Gasteiger partial charge in [-0.1, -0.05) is 0 Å². The lowest BCUT2D eigenvalue weighted by molar-refractivity contribution is 0.102. The van der Waals surface area contributed by atoms with Crippen LogP contribution < -0.4 is 0 Å². The second-order valence-corrected chi connectivity index (χ2v) is 4.44. The standard InChI is InChI=1S/C10H11BrN4O/c1-6-4-8(14(2)13-6)10(16)9-7(11)5-12-15(9)3/h4-5H,1-3H3. The van der Waals surface area contributed by atoms with Gasteiger partial charge in [0.2, 0.25) is 5.78 Å². The fourth-order valence-electron chi connectivity index (χ4n) is 1.61. The molecule has 0 atom stereocenters. The van der Waals surface area contributed by atoms with Gasteiger partial charge in [-0.25, -0.2) is 0 Å². The summed E-state index contributed by atoms with van der Waals surface area (Å²) in [6, 6.07) is 1.77. The van der Waals surface area contributed by atoms with Crippen molar-refractivity contribution >= 4 is 21.7 Å². The van der Waals surface area contributed by atoms with Crippen molar-refractivity contribution in [3.8, 4) is 0 Å². The molecule has 0 saturated heterocycles. The molecule has 5 nitrogen and oxygen atoms in total. The van der Waals surface area contributed by atoms with Crippen molar-refractivity contribution in [3.05, 3.63) is 33.8 Å². The highest BCUT2D eigenvalue weighted by molar-refractivity contribution is 9.10. The predicted molar refractivity (Wildman–Crippen MR) is 62.3 cm³/mol. The highest BCUT2D eigenvalue weighted by atomic mass is 79.9. The summed E-state index contributed by atoms with van der Waals surface area (Å²) in [6.45, 7) is 1.86. The van der Waals surface area contributed by atoms with Crippen LogP contribution >= 0.6 is 15.9 Å². The Balaban J connectivity index is 2.51. The Labute approximate surface area is 101 Å². The van der Waals surface area contributed by atoms with Crippen LogP contribution in [0.3, 0.4) is 0 Å². The van der Waals surface area contributed by atoms with Gasteiger partial charge in [0, 0.05) is 14.1 Å². The molecule has 0 saturated carbocycles. The van der Waals surface area contributed by atoms with E-state index in [1.54, 1.807) is 35.7 Å². The number of hydrogen-bond acceptors (Lipinski definition) is 3. The maximum atomic E-state index is 12.2. The van der Waals surface area contributed by atoms with Crippen molar-refractivity contribution in [1.82, 2.24) is 19.6 Å². The molecule has 6 heteroatoms. The zero-order chi connectivity index (χ0) is 11.9. The molecule has 0 unspecified atom stereocenters. The van der Waals surface area contributed by atoms with Crippen LogP contribution in [-0.2, 0) is 14.1 Å². The molecule has 2 rings (SSSR count). The van der Waals surface area contributed by atoms with Crippen LogP contribution in [0.15, 0.2) is 16.7 Å². The molecule has 84 valence electrons. The van der Waals surface area contributed by atoms with Gasteiger partial charge in [-0.3, -0.25) is 14.2 Å². The van der Waals surface area contributed by atoms with Gasteiger partial charge in [0.15, 0.2) is 0 Å². The van der Waals surface area contributed by atoms with Crippen molar-refractivity contribution in [2.45, 2.75) is 6.92 Å². The van der Waals surface area contributed by atoms with E-state index in [4.69, 9.17) is 0 Å². The molecule has 0 aliphatic rings. The van der Waals surface area contributed by atoms with E-state index in [1.807, 2.05) is 6.92 Å². The fraction of sp³-hybridized carbons (Fsp3) is 0.300. The first-order valence-electron chi connectivity index (χ1n) is 4.73. The lowest BCUT2D eigenvalue weighted by atomic mass is 10.2. The van der Waals surface area contributed by atoms with E-state index in [1.165, 1.54) is 0 Å². The molecule has 2 aromatic heterocycles. The van der Waals surface area contributed by atoms with Crippen LogP contribution in [0.4, 0.5) is 0 Å². The van der Waals surface area contributed by atoms with Crippen molar-refractivity contribution < 1.29 is 4.79 Å². The predicted octanol–water partition coefficient (Wildman–Crippen LogP) is 1.46. The first-order chi connectivity index (χ1) is 7.50. The second kappa shape index (κ2) is 3.86. The summed E-state index contributed by atoms with van der Waals surface area (Å²) in [7, 11) is 3.49. The topological polar surface area (TPSA) is 52.7 Å². The van der Waals surface area contributed by atoms with Gasteiger partial charge < -0.3 is 0 Å². The Hall–Kier alpha value is -1.43. The molecule has 0 amide bonds. The maximum absolute atomic E-state index is 12.2. The van der Waals surface area contributed by atoms with Crippen molar-refractivity contribution in [1.29, 1.82) is 0 Å². The van der Waals surface area contributed by atoms with Crippen LogP contribution in [0.2, 0.25) is 0 Å². The van der Waals surface area contributed by atoms with E-state index in [9.17, 15) is 4.79 Å². The van der Waals surface area contributed by atoms with E-state index in [0.29, 0.717) is 15.9 Å². The Morgan fingerprint density at radius 1 is 1.38 bits per heavy atom. The zero-order valence-corrected chi connectivity index (χ0v) is 10.8. The van der Waals surface area contributed by atoms with Gasteiger partial charge in [-0.2, -0.15) is 10.2 Å². The molecule has 0 bridgehead atoms. The molecule has 0 N–H and O–H groups in total. The van der Waals surface area contributed by atoms with Gasteiger partial charge in [-0.15, -0.1) is 0 Å². The average molecular weight is 283 g/mol. The van der Waals surface area contributed by atoms with Crippen molar-refractivity contribution in [3.63, 3.8) is 0 Å². The minimum Gasteiger partial charge on any atom is -0.285 e. The summed E-state index contributed by atoms with van der Waals surface area (Å²) in [5, 5.41) is 8.17. The largest absolute Gasteiger partial charge is 0.285 e. The number of hydrogen-bond donors (Lipinski definition) is 0. The van der Waals surface area contributed by atoms with E-state index in [0.717, 1.165) is 5.69 Å². The molecular formula is C10H11BrN4O. The molecule has 0 aliphatic carbocycles. The van der Waals surface area contributed by atoms with E-state index >= 15 is 0 Å². The number of rotatable bonds is 2. The highest BCUT2D eigenvalue weighted by Gasteiger charge is 2.20. The fourth-order valence-corrected chi connectivity index (χ4v) is 2.14. The molecule has 2 heterocycles. The first kappa shape index (κ1) is 11.1. The molecule has 0 fully saturated rings. The summed E-state index contributed by atoms with van der Waals surface area (Å²) < 4.78 is 3.82. The number of carbonyl (C=O) groups excluding carboxylic acids is 1. The van der Waals surface area contributed by atoms with Gasteiger partial charge in [0.05, 0.1) is 16.4 Å². The Morgan fingerprint density at radius 2 is 2.06 bits per heavy atom. The van der Waals surface area contributed by atoms with Crippen LogP contribution in [-0.4, -0.2) is 25.3 Å². The molecule has 16 heavy (non-hydrogen) atoms. The molecule has 0 aliphatic heterocycles. The summed E-state index contributed by atoms with van der Waals surface area (Å²) in [4.78, 5) is 12.2. The molecule has 2 aromatic rings. The summed E-state index contributed by atoms with van der Waals surface area (Å²) in [5.41, 5.74) is 1.91. The first-order valence-corrected chi connectivity index (χ1v) is 5.53. The number of aryl methyl sites for hydroxylation is 3. The monoisotopic (exact) mass is 282 g/mol. The van der Waals surface area contributed by atoms with Crippen LogP contribution in [0.5, 0.6) is 0 Å². The Kier molecular flexibility index (Phi) is 2.67. The van der Waals surface area contributed by atoms with Crippen molar-refractivity contribution in [2.24, 2.45) is 14.1 Å². The third-order valence-electron chi connectivity index (χ3n) is 2.34. The Bertz CT molecular complexity index is 536. The van der Waals surface area contributed by atoms with Crippen molar-refractivity contribution in [2.75, 3.05) is 0 Å². The van der Waals surface area contributed by atoms with Crippen LogP contribution in [0, 0.1) is 6.92 Å². The maximum Gasteiger partial charge on any atom is 0.230 e. The minimum absolute atomic E-state index is 0.0880. The van der Waals surface area contributed by atoms with Gasteiger partial charge >= 0.3 is 0 Å². The third-order valence-corrected chi connectivity index (χ3v) is 2.92. The average Bonchev–Trinajstić information content (AvgIpc) is 2.70. The Morgan fingerprint density at radius 3 is 2.50 bits per heavy atom. The number of halogens is 1. The quantitative estimate of drug-likeness (QED) is 0.784. The lowest BCUT2D eigenvalue weighted by Gasteiger charge is -2.02. The third kappa shape index (κ3) is 1.69. The second-order valence-electron chi connectivity index (χ2n) is 3.59. The number of aromatic nitrogens is 4. The summed E-state index contributed by atoms with van der Waals surface area (Å²) in [6.07, 6.45) is 1.61. The number of nitrogens with zero attached hydrogens (tertiary/aromatic N) is 4. The SMILES string of the molecule is Cc1cc(C(=O)c2c(Br)cnn2C)n(C)n1. The summed E-state index contributed by atoms with van der Waals surface area (Å²) >= 11 is 3.31. The van der Waals surface area contributed by atoms with E-state index in [2.05, 4.69) is 26.1 Å². The summed E-state index contributed by atoms with van der Waals surface area (Å²) in [5.74, 6) is -0.0880. The number of ketones is 1.